The van der Waals surface area contributed by atoms with Gasteiger partial charge in [0.15, 0.2) is 0 Å². The lowest BCUT2D eigenvalue weighted by Crippen LogP contribution is -2.35. The summed E-state index contributed by atoms with van der Waals surface area (Å²) in [6.45, 7) is 0. The van der Waals surface area contributed by atoms with E-state index < -0.39 is 5.92 Å². The van der Waals surface area contributed by atoms with Gasteiger partial charge in [-0.1, -0.05) is 34.1 Å². The van der Waals surface area contributed by atoms with Crippen LogP contribution < -0.4 is 5.32 Å². The first kappa shape index (κ1) is 13.9. The molecule has 0 aromatic heterocycles. The van der Waals surface area contributed by atoms with Gasteiger partial charge in [-0.05, 0) is 37.4 Å². The molecule has 1 N–H and O–H groups in total. The number of hydrogen-bond acceptors (Lipinski definition) is 1. The monoisotopic (exact) mass is 317 g/mol. The van der Waals surface area contributed by atoms with Gasteiger partial charge < -0.3 is 5.32 Å². The van der Waals surface area contributed by atoms with Crippen LogP contribution in [0.3, 0.4) is 0 Å². The molecule has 0 amide bonds. The summed E-state index contributed by atoms with van der Waals surface area (Å²) in [6.07, 6.45) is 1.45. The van der Waals surface area contributed by atoms with Gasteiger partial charge in [-0.2, -0.15) is 0 Å². The number of likely N-dealkylation sites (N-methyl/N-ethyl adjacent to an activating group) is 1. The molecule has 1 saturated carbocycles. The molecule has 0 bridgehead atoms. The summed E-state index contributed by atoms with van der Waals surface area (Å²) in [7, 11) is 1.86. The van der Waals surface area contributed by atoms with Crippen molar-refractivity contribution in [1.29, 1.82) is 0 Å². The van der Waals surface area contributed by atoms with Gasteiger partial charge in [0.1, 0.15) is 0 Å². The number of benzene rings is 1. The Kier molecular flexibility index (Phi) is 4.38. The van der Waals surface area contributed by atoms with E-state index in [1.807, 2.05) is 31.3 Å². The minimum atomic E-state index is -2.46. The van der Waals surface area contributed by atoms with Crippen molar-refractivity contribution in [3.63, 3.8) is 0 Å². The second-order valence-electron chi connectivity index (χ2n) is 5.05. The predicted octanol–water partition coefficient (Wildman–Crippen LogP) is 4.02. The van der Waals surface area contributed by atoms with Crippen LogP contribution in [0, 0.1) is 5.92 Å². The third-order valence-corrected chi connectivity index (χ3v) is 4.55. The van der Waals surface area contributed by atoms with Gasteiger partial charge in [-0.25, -0.2) is 8.78 Å². The van der Waals surface area contributed by atoms with E-state index >= 15 is 0 Å². The summed E-state index contributed by atoms with van der Waals surface area (Å²) in [5.41, 5.74) is 1.17. The maximum absolute atomic E-state index is 13.3. The normalized spacial score (nSPS) is 24.1. The summed E-state index contributed by atoms with van der Waals surface area (Å²) in [5.74, 6) is -2.40. The molecule has 2 rings (SSSR count). The number of alkyl halides is 2. The van der Waals surface area contributed by atoms with Gasteiger partial charge in [0.25, 0.3) is 0 Å². The highest BCUT2D eigenvalue weighted by atomic mass is 79.9. The fourth-order valence-corrected chi connectivity index (χ4v) is 3.18. The number of rotatable bonds is 4. The molecule has 0 heterocycles. The summed E-state index contributed by atoms with van der Waals surface area (Å²) in [6, 6.07) is 8.10. The minimum Gasteiger partial charge on any atom is -0.316 e. The van der Waals surface area contributed by atoms with E-state index in [9.17, 15) is 8.78 Å². The Morgan fingerprint density at radius 3 is 2.72 bits per heavy atom. The SMILES string of the molecule is CNC(Cc1ccccc1Br)C1CCC(F)(F)C1. The molecule has 0 aliphatic heterocycles. The van der Waals surface area contributed by atoms with Crippen LogP contribution in [0.2, 0.25) is 0 Å². The average molecular weight is 318 g/mol. The Balaban J connectivity index is 2.04. The Morgan fingerprint density at radius 1 is 1.44 bits per heavy atom. The lowest BCUT2D eigenvalue weighted by atomic mass is 9.92. The van der Waals surface area contributed by atoms with Crippen molar-refractivity contribution in [1.82, 2.24) is 5.32 Å². The van der Waals surface area contributed by atoms with Crippen molar-refractivity contribution in [2.75, 3.05) is 7.05 Å². The Hall–Kier alpha value is -0.480. The van der Waals surface area contributed by atoms with E-state index in [2.05, 4.69) is 21.2 Å². The van der Waals surface area contributed by atoms with E-state index in [0.717, 1.165) is 10.9 Å². The fraction of sp³-hybridized carbons (Fsp3) is 0.571. The van der Waals surface area contributed by atoms with Crippen LogP contribution in [0.15, 0.2) is 28.7 Å². The van der Waals surface area contributed by atoms with Gasteiger partial charge in [0, 0.05) is 23.4 Å². The lowest BCUT2D eigenvalue weighted by Gasteiger charge is -2.23. The zero-order valence-corrected chi connectivity index (χ0v) is 12.0. The van der Waals surface area contributed by atoms with E-state index in [1.54, 1.807) is 0 Å². The number of halogens is 3. The molecule has 1 aromatic rings. The van der Waals surface area contributed by atoms with E-state index in [1.165, 1.54) is 5.56 Å². The average Bonchev–Trinajstić information content (AvgIpc) is 2.68. The molecule has 2 atom stereocenters. The third-order valence-electron chi connectivity index (χ3n) is 3.78. The van der Waals surface area contributed by atoms with Crippen molar-refractivity contribution in [2.24, 2.45) is 5.92 Å². The van der Waals surface area contributed by atoms with Gasteiger partial charge in [-0.3, -0.25) is 0 Å². The third kappa shape index (κ3) is 3.29. The molecule has 4 heteroatoms. The van der Waals surface area contributed by atoms with E-state index in [-0.39, 0.29) is 24.8 Å². The van der Waals surface area contributed by atoms with E-state index in [4.69, 9.17) is 0 Å². The predicted molar refractivity (Wildman–Crippen MR) is 73.0 cm³/mol. The lowest BCUT2D eigenvalue weighted by molar-refractivity contribution is 0.00343. The molecule has 100 valence electrons. The first-order valence-electron chi connectivity index (χ1n) is 6.30. The molecule has 1 fully saturated rings. The number of hydrogen-bond donors (Lipinski definition) is 1. The molecule has 0 saturated heterocycles. The standard InChI is InChI=1S/C14H18BrF2N/c1-18-13(11-6-7-14(16,17)9-11)8-10-4-2-3-5-12(10)15/h2-5,11,13,18H,6-9H2,1H3. The summed E-state index contributed by atoms with van der Waals surface area (Å²) >= 11 is 3.51. The molecule has 1 aliphatic carbocycles. The maximum atomic E-state index is 13.3. The molecule has 1 aromatic carbocycles. The first-order chi connectivity index (χ1) is 8.52. The molecule has 18 heavy (non-hydrogen) atoms. The summed E-state index contributed by atoms with van der Waals surface area (Å²) in [4.78, 5) is 0. The maximum Gasteiger partial charge on any atom is 0.248 e. The largest absolute Gasteiger partial charge is 0.316 e. The fourth-order valence-electron chi connectivity index (χ4n) is 2.73. The number of nitrogens with one attached hydrogen (secondary N) is 1. The highest BCUT2D eigenvalue weighted by molar-refractivity contribution is 9.10. The summed E-state index contributed by atoms with van der Waals surface area (Å²) in [5, 5.41) is 3.20. The molecular weight excluding hydrogens is 300 g/mol. The molecule has 2 unspecified atom stereocenters. The highest BCUT2D eigenvalue weighted by Gasteiger charge is 2.42. The van der Waals surface area contributed by atoms with Crippen LogP contribution in [0.4, 0.5) is 8.78 Å². The molecular formula is C14H18BrF2N. The van der Waals surface area contributed by atoms with Crippen molar-refractivity contribution in [3.8, 4) is 0 Å². The minimum absolute atomic E-state index is 0.0168. The zero-order chi connectivity index (χ0) is 13.2. The topological polar surface area (TPSA) is 12.0 Å². The molecule has 1 nitrogen and oxygen atoms in total. The Labute approximate surface area is 115 Å². The summed E-state index contributed by atoms with van der Waals surface area (Å²) < 4.78 is 27.6. The van der Waals surface area contributed by atoms with Crippen LogP contribution in [0.1, 0.15) is 24.8 Å². The Morgan fingerprint density at radius 2 is 2.17 bits per heavy atom. The van der Waals surface area contributed by atoms with E-state index in [0.29, 0.717) is 6.42 Å². The van der Waals surface area contributed by atoms with Crippen LogP contribution >= 0.6 is 15.9 Å². The van der Waals surface area contributed by atoms with Gasteiger partial charge in [0.05, 0.1) is 0 Å². The molecule has 0 radical (unpaired) electrons. The van der Waals surface area contributed by atoms with Crippen LogP contribution in [0.5, 0.6) is 0 Å². The molecule has 1 aliphatic rings. The van der Waals surface area contributed by atoms with Crippen molar-refractivity contribution >= 4 is 15.9 Å². The second kappa shape index (κ2) is 5.66. The van der Waals surface area contributed by atoms with Gasteiger partial charge in [0.2, 0.25) is 5.92 Å². The highest BCUT2D eigenvalue weighted by Crippen LogP contribution is 2.41. The van der Waals surface area contributed by atoms with Gasteiger partial charge >= 0.3 is 0 Å². The van der Waals surface area contributed by atoms with Crippen LogP contribution in [-0.2, 0) is 6.42 Å². The molecule has 0 spiro atoms. The van der Waals surface area contributed by atoms with Gasteiger partial charge in [-0.15, -0.1) is 0 Å². The van der Waals surface area contributed by atoms with Crippen molar-refractivity contribution < 1.29 is 8.78 Å². The van der Waals surface area contributed by atoms with Crippen LogP contribution in [0.25, 0.3) is 0 Å². The van der Waals surface area contributed by atoms with Crippen molar-refractivity contribution in [2.45, 2.75) is 37.6 Å². The second-order valence-corrected chi connectivity index (χ2v) is 5.90. The quantitative estimate of drug-likeness (QED) is 0.884. The van der Waals surface area contributed by atoms with Crippen molar-refractivity contribution in [3.05, 3.63) is 34.3 Å². The Bertz CT molecular complexity index is 409. The van der Waals surface area contributed by atoms with Crippen LogP contribution in [-0.4, -0.2) is 19.0 Å². The zero-order valence-electron chi connectivity index (χ0n) is 10.4. The smallest absolute Gasteiger partial charge is 0.248 e. The first-order valence-corrected chi connectivity index (χ1v) is 7.09.